The minimum Gasteiger partial charge on any atom is -0.485 e. The highest BCUT2D eigenvalue weighted by atomic mass is 19.1. The van der Waals surface area contributed by atoms with Crippen LogP contribution in [0.1, 0.15) is 5.56 Å². The molecule has 3 heteroatoms. The highest BCUT2D eigenvalue weighted by molar-refractivity contribution is 5.39. The van der Waals surface area contributed by atoms with Crippen molar-refractivity contribution in [1.82, 2.24) is 0 Å². The van der Waals surface area contributed by atoms with Gasteiger partial charge in [0.25, 0.3) is 0 Å². The van der Waals surface area contributed by atoms with Crippen molar-refractivity contribution < 1.29 is 9.13 Å². The lowest BCUT2D eigenvalue weighted by Gasteiger charge is -2.11. The van der Waals surface area contributed by atoms with Crippen molar-refractivity contribution in [2.45, 2.75) is 12.5 Å². The zero-order valence-corrected chi connectivity index (χ0v) is 7.74. The van der Waals surface area contributed by atoms with Crippen LogP contribution in [0.3, 0.4) is 0 Å². The molecule has 0 amide bonds. The maximum absolute atomic E-state index is 12.4. The predicted molar refractivity (Wildman–Crippen MR) is 52.8 cm³/mol. The van der Waals surface area contributed by atoms with Gasteiger partial charge in [-0.25, -0.2) is 4.39 Å². The van der Waals surface area contributed by atoms with E-state index < -0.39 is 0 Å². The molecule has 14 heavy (non-hydrogen) atoms. The average molecular weight is 193 g/mol. The molecule has 2 rings (SSSR count). The Hall–Kier alpha value is -1.35. The van der Waals surface area contributed by atoms with E-state index in [1.165, 1.54) is 0 Å². The summed E-state index contributed by atoms with van der Waals surface area (Å²) in [5.74, 6) is 0.838. The molecule has 1 aromatic carbocycles. The molecule has 1 aromatic rings. The molecule has 1 aliphatic rings. The van der Waals surface area contributed by atoms with Gasteiger partial charge in [0.15, 0.2) is 0 Å². The van der Waals surface area contributed by atoms with Crippen molar-refractivity contribution in [3.8, 4) is 5.75 Å². The second-order valence-electron chi connectivity index (χ2n) is 3.31. The van der Waals surface area contributed by atoms with Crippen molar-refractivity contribution in [2.24, 2.45) is 5.73 Å². The van der Waals surface area contributed by atoms with Crippen LogP contribution in [0.5, 0.6) is 5.75 Å². The maximum atomic E-state index is 12.4. The van der Waals surface area contributed by atoms with Gasteiger partial charge in [-0.3, -0.25) is 0 Å². The number of benzene rings is 1. The van der Waals surface area contributed by atoms with Crippen molar-refractivity contribution >= 4 is 0 Å². The molecule has 0 radical (unpaired) electrons. The van der Waals surface area contributed by atoms with E-state index in [2.05, 4.69) is 0 Å². The van der Waals surface area contributed by atoms with Crippen LogP contribution in [0.25, 0.3) is 0 Å². The van der Waals surface area contributed by atoms with Gasteiger partial charge in [0.05, 0.1) is 6.33 Å². The number of halogens is 1. The Balaban J connectivity index is 2.19. The summed E-state index contributed by atoms with van der Waals surface area (Å²) in [6.45, 7) is 0.204. The standard InChI is InChI=1S/C11H12FNO/c12-6-9(7-13)11-5-8-3-1-2-4-10(8)14-11/h1-4,6,11H,5,7,13H2/b9-6-/t11-/m1/s1. The summed E-state index contributed by atoms with van der Waals surface area (Å²) in [7, 11) is 0. The Morgan fingerprint density at radius 2 is 2.36 bits per heavy atom. The van der Waals surface area contributed by atoms with Crippen LogP contribution in [-0.4, -0.2) is 12.6 Å². The number of fused-ring (bicyclic) bond motifs is 1. The maximum Gasteiger partial charge on any atom is 0.128 e. The van der Waals surface area contributed by atoms with Gasteiger partial charge in [0.1, 0.15) is 11.9 Å². The van der Waals surface area contributed by atoms with Gasteiger partial charge in [-0.15, -0.1) is 0 Å². The lowest BCUT2D eigenvalue weighted by atomic mass is 10.1. The van der Waals surface area contributed by atoms with Gasteiger partial charge in [0, 0.05) is 18.5 Å². The Morgan fingerprint density at radius 3 is 3.00 bits per heavy atom. The third kappa shape index (κ3) is 1.51. The number of para-hydroxylation sites is 1. The highest BCUT2D eigenvalue weighted by Gasteiger charge is 2.24. The lowest BCUT2D eigenvalue weighted by molar-refractivity contribution is 0.266. The van der Waals surface area contributed by atoms with Crippen molar-refractivity contribution in [2.75, 3.05) is 6.54 Å². The Bertz CT molecular complexity index is 337. The lowest BCUT2D eigenvalue weighted by Crippen LogP contribution is -2.21. The normalized spacial score (nSPS) is 20.4. The molecule has 1 atom stereocenters. The van der Waals surface area contributed by atoms with Gasteiger partial charge in [-0.2, -0.15) is 0 Å². The molecule has 0 aromatic heterocycles. The van der Waals surface area contributed by atoms with E-state index in [9.17, 15) is 4.39 Å². The van der Waals surface area contributed by atoms with Crippen molar-refractivity contribution in [1.29, 1.82) is 0 Å². The topological polar surface area (TPSA) is 35.2 Å². The van der Waals surface area contributed by atoms with E-state index in [0.717, 1.165) is 11.3 Å². The van der Waals surface area contributed by atoms with Crippen LogP contribution in [0.4, 0.5) is 4.39 Å². The molecule has 0 saturated carbocycles. The predicted octanol–water partition coefficient (Wildman–Crippen LogP) is 1.80. The number of hydrogen-bond donors (Lipinski definition) is 1. The number of hydrogen-bond acceptors (Lipinski definition) is 2. The number of rotatable bonds is 2. The highest BCUT2D eigenvalue weighted by Crippen LogP contribution is 2.30. The molecular weight excluding hydrogens is 181 g/mol. The summed E-state index contributed by atoms with van der Waals surface area (Å²) in [4.78, 5) is 0. The largest absolute Gasteiger partial charge is 0.485 e. The Kier molecular flexibility index (Phi) is 2.50. The van der Waals surface area contributed by atoms with Crippen LogP contribution in [-0.2, 0) is 6.42 Å². The van der Waals surface area contributed by atoms with Gasteiger partial charge >= 0.3 is 0 Å². The van der Waals surface area contributed by atoms with Gasteiger partial charge in [-0.05, 0) is 11.6 Å². The van der Waals surface area contributed by atoms with E-state index in [-0.39, 0.29) is 12.6 Å². The molecular formula is C11H12FNO. The second-order valence-corrected chi connectivity index (χ2v) is 3.31. The van der Waals surface area contributed by atoms with E-state index >= 15 is 0 Å². The minimum atomic E-state index is -0.220. The van der Waals surface area contributed by atoms with Gasteiger partial charge in [0.2, 0.25) is 0 Å². The first-order chi connectivity index (χ1) is 6.85. The van der Waals surface area contributed by atoms with Crippen LogP contribution in [0, 0.1) is 0 Å². The SMILES string of the molecule is NC/C(=C/F)[C@H]1Cc2ccccc2O1. The van der Waals surface area contributed by atoms with E-state index in [0.29, 0.717) is 18.3 Å². The number of ether oxygens (including phenoxy) is 1. The monoisotopic (exact) mass is 193 g/mol. The molecule has 0 aliphatic carbocycles. The van der Waals surface area contributed by atoms with E-state index in [1.54, 1.807) is 0 Å². The first-order valence-electron chi connectivity index (χ1n) is 4.59. The summed E-state index contributed by atoms with van der Waals surface area (Å²) in [6, 6.07) is 7.73. The van der Waals surface area contributed by atoms with Crippen LogP contribution in [0.2, 0.25) is 0 Å². The first-order valence-corrected chi connectivity index (χ1v) is 4.59. The molecule has 74 valence electrons. The smallest absolute Gasteiger partial charge is 0.128 e. The molecule has 0 saturated heterocycles. The fraction of sp³-hybridized carbons (Fsp3) is 0.273. The number of nitrogens with two attached hydrogens (primary N) is 1. The molecule has 1 aliphatic heterocycles. The van der Waals surface area contributed by atoms with Crippen LogP contribution in [0.15, 0.2) is 36.2 Å². The molecule has 0 bridgehead atoms. The summed E-state index contributed by atoms with van der Waals surface area (Å²) in [5, 5.41) is 0. The van der Waals surface area contributed by atoms with E-state index in [1.807, 2.05) is 24.3 Å². The molecule has 0 fully saturated rings. The fourth-order valence-electron chi connectivity index (χ4n) is 1.64. The van der Waals surface area contributed by atoms with Crippen LogP contribution < -0.4 is 10.5 Å². The summed E-state index contributed by atoms with van der Waals surface area (Å²) < 4.78 is 18.0. The average Bonchev–Trinajstić information content (AvgIpc) is 2.63. The van der Waals surface area contributed by atoms with Crippen LogP contribution >= 0.6 is 0 Å². The molecule has 1 heterocycles. The third-order valence-corrected chi connectivity index (χ3v) is 2.44. The van der Waals surface area contributed by atoms with Crippen molar-refractivity contribution in [3.63, 3.8) is 0 Å². The Labute approximate surface area is 82.2 Å². The van der Waals surface area contributed by atoms with Gasteiger partial charge in [-0.1, -0.05) is 18.2 Å². The summed E-state index contributed by atoms with van der Waals surface area (Å²) in [6.07, 6.45) is 1.04. The first kappa shape index (κ1) is 9.21. The second kappa shape index (κ2) is 3.80. The summed E-state index contributed by atoms with van der Waals surface area (Å²) >= 11 is 0. The quantitative estimate of drug-likeness (QED) is 0.777. The van der Waals surface area contributed by atoms with E-state index in [4.69, 9.17) is 10.5 Å². The summed E-state index contributed by atoms with van der Waals surface area (Å²) in [5.41, 5.74) is 7.04. The molecule has 2 nitrogen and oxygen atoms in total. The van der Waals surface area contributed by atoms with Crippen molar-refractivity contribution in [3.05, 3.63) is 41.7 Å². The fourth-order valence-corrected chi connectivity index (χ4v) is 1.64. The zero-order valence-electron chi connectivity index (χ0n) is 7.74. The molecule has 2 N–H and O–H groups in total. The molecule has 0 unspecified atom stereocenters. The Morgan fingerprint density at radius 1 is 1.57 bits per heavy atom. The zero-order chi connectivity index (χ0) is 9.97. The third-order valence-electron chi connectivity index (χ3n) is 2.44. The van der Waals surface area contributed by atoms with Gasteiger partial charge < -0.3 is 10.5 Å². The minimum absolute atomic E-state index is 0.204. The molecule has 0 spiro atoms.